The molecule has 0 spiro atoms. The van der Waals surface area contributed by atoms with Gasteiger partial charge in [0.15, 0.2) is 11.9 Å². The maximum absolute atomic E-state index is 12.7. The fourth-order valence-electron chi connectivity index (χ4n) is 2.79. The number of ether oxygens (including phenoxy) is 2. The molecular weight excluding hydrogens is 334 g/mol. The van der Waals surface area contributed by atoms with Crippen molar-refractivity contribution in [3.63, 3.8) is 0 Å². The first kappa shape index (κ1) is 19.4. The Labute approximate surface area is 152 Å². The number of esters is 1. The summed E-state index contributed by atoms with van der Waals surface area (Å²) in [5.41, 5.74) is 2.42. The zero-order valence-electron chi connectivity index (χ0n) is 15.6. The number of benzene rings is 1. The number of aromatic nitrogens is 1. The standard InChI is InChI=1S/C20H23NO5/c1-6-16(22)14-7-9-15(10-8-14)26-13(4)19(23)18-11(2)17(12(3)21-18)20(24)25-5/h7-10,13,21H,6H2,1-5H3/t13-/m0/s1. The number of H-pyrrole nitrogens is 1. The molecule has 0 fully saturated rings. The first-order chi connectivity index (χ1) is 12.3. The van der Waals surface area contributed by atoms with E-state index in [1.165, 1.54) is 7.11 Å². The fourth-order valence-corrected chi connectivity index (χ4v) is 2.79. The van der Waals surface area contributed by atoms with Crippen molar-refractivity contribution in [1.29, 1.82) is 0 Å². The van der Waals surface area contributed by atoms with E-state index in [0.717, 1.165) is 0 Å². The van der Waals surface area contributed by atoms with Crippen LogP contribution in [-0.4, -0.2) is 35.7 Å². The lowest BCUT2D eigenvalue weighted by molar-refractivity contribution is 0.0599. The van der Waals surface area contributed by atoms with Gasteiger partial charge in [-0.05, 0) is 50.6 Å². The average Bonchev–Trinajstić information content (AvgIpc) is 2.94. The number of hydrogen-bond acceptors (Lipinski definition) is 5. The SMILES string of the molecule is CCC(=O)c1ccc(O[C@@H](C)C(=O)c2[nH]c(C)c(C(=O)OC)c2C)cc1. The summed E-state index contributed by atoms with van der Waals surface area (Å²) in [6.45, 7) is 6.85. The lowest BCUT2D eigenvalue weighted by atomic mass is 10.1. The second-order valence-corrected chi connectivity index (χ2v) is 6.04. The minimum atomic E-state index is -0.759. The van der Waals surface area contributed by atoms with Crippen LogP contribution in [0.1, 0.15) is 62.7 Å². The first-order valence-electron chi connectivity index (χ1n) is 8.41. The molecule has 0 aliphatic heterocycles. The molecule has 138 valence electrons. The van der Waals surface area contributed by atoms with Crippen molar-refractivity contribution in [2.75, 3.05) is 7.11 Å². The molecule has 6 nitrogen and oxygen atoms in total. The van der Waals surface area contributed by atoms with Crippen molar-refractivity contribution in [2.45, 2.75) is 40.2 Å². The van der Waals surface area contributed by atoms with Crippen LogP contribution in [0.5, 0.6) is 5.75 Å². The van der Waals surface area contributed by atoms with Gasteiger partial charge in [-0.15, -0.1) is 0 Å². The highest BCUT2D eigenvalue weighted by Crippen LogP contribution is 2.22. The van der Waals surface area contributed by atoms with Gasteiger partial charge in [-0.3, -0.25) is 9.59 Å². The van der Waals surface area contributed by atoms with Crippen LogP contribution in [-0.2, 0) is 4.74 Å². The molecule has 2 aromatic rings. The zero-order valence-corrected chi connectivity index (χ0v) is 15.6. The Kier molecular flexibility index (Phi) is 5.97. The molecular formula is C20H23NO5. The number of rotatable bonds is 7. The average molecular weight is 357 g/mol. The van der Waals surface area contributed by atoms with Gasteiger partial charge in [0.1, 0.15) is 5.75 Å². The molecule has 0 aliphatic carbocycles. The van der Waals surface area contributed by atoms with E-state index in [0.29, 0.717) is 40.2 Å². The molecule has 26 heavy (non-hydrogen) atoms. The molecule has 1 aromatic carbocycles. The molecule has 0 unspecified atom stereocenters. The van der Waals surface area contributed by atoms with Gasteiger partial charge in [0, 0.05) is 17.7 Å². The number of carbonyl (C=O) groups excluding carboxylic acids is 3. The van der Waals surface area contributed by atoms with Gasteiger partial charge in [-0.25, -0.2) is 4.79 Å². The van der Waals surface area contributed by atoms with Crippen molar-refractivity contribution in [2.24, 2.45) is 0 Å². The van der Waals surface area contributed by atoms with Crippen LogP contribution in [0.2, 0.25) is 0 Å². The summed E-state index contributed by atoms with van der Waals surface area (Å²) < 4.78 is 10.5. The molecule has 1 N–H and O–H groups in total. The Morgan fingerprint density at radius 1 is 1.12 bits per heavy atom. The minimum absolute atomic E-state index is 0.0495. The molecule has 0 radical (unpaired) electrons. The first-order valence-corrected chi connectivity index (χ1v) is 8.41. The van der Waals surface area contributed by atoms with E-state index in [1.54, 1.807) is 52.0 Å². The lowest BCUT2D eigenvalue weighted by Crippen LogP contribution is -2.25. The molecule has 0 saturated carbocycles. The van der Waals surface area contributed by atoms with E-state index in [4.69, 9.17) is 9.47 Å². The third-order valence-corrected chi connectivity index (χ3v) is 4.25. The van der Waals surface area contributed by atoms with Gasteiger partial charge in [0.2, 0.25) is 5.78 Å². The van der Waals surface area contributed by atoms with Crippen molar-refractivity contribution in [3.8, 4) is 5.75 Å². The summed E-state index contributed by atoms with van der Waals surface area (Å²) in [6, 6.07) is 6.69. The molecule has 0 bridgehead atoms. The van der Waals surface area contributed by atoms with Crippen molar-refractivity contribution in [1.82, 2.24) is 4.98 Å². The van der Waals surface area contributed by atoms with E-state index in [-0.39, 0.29) is 11.6 Å². The summed E-state index contributed by atoms with van der Waals surface area (Å²) in [4.78, 5) is 39.2. The summed E-state index contributed by atoms with van der Waals surface area (Å²) >= 11 is 0. The Balaban J connectivity index is 2.18. The number of Topliss-reactive ketones (excluding diaryl/α,β-unsaturated/α-hetero) is 2. The molecule has 1 aromatic heterocycles. The van der Waals surface area contributed by atoms with Crippen LogP contribution in [0.3, 0.4) is 0 Å². The largest absolute Gasteiger partial charge is 0.483 e. The number of aryl methyl sites for hydroxylation is 1. The Morgan fingerprint density at radius 2 is 1.73 bits per heavy atom. The fraction of sp³-hybridized carbons (Fsp3) is 0.350. The van der Waals surface area contributed by atoms with Crippen molar-refractivity contribution < 1.29 is 23.9 Å². The van der Waals surface area contributed by atoms with Gasteiger partial charge < -0.3 is 14.5 Å². The van der Waals surface area contributed by atoms with Gasteiger partial charge >= 0.3 is 5.97 Å². The Bertz CT molecular complexity index is 833. The number of hydrogen-bond donors (Lipinski definition) is 1. The third kappa shape index (κ3) is 3.85. The van der Waals surface area contributed by atoms with Crippen LogP contribution in [0.15, 0.2) is 24.3 Å². The van der Waals surface area contributed by atoms with Crippen LogP contribution in [0.4, 0.5) is 0 Å². The highest BCUT2D eigenvalue weighted by Gasteiger charge is 2.26. The summed E-state index contributed by atoms with van der Waals surface area (Å²) in [6.07, 6.45) is -0.326. The minimum Gasteiger partial charge on any atom is -0.483 e. The smallest absolute Gasteiger partial charge is 0.339 e. The second-order valence-electron chi connectivity index (χ2n) is 6.04. The van der Waals surface area contributed by atoms with Gasteiger partial charge in [0.05, 0.1) is 18.4 Å². The van der Waals surface area contributed by atoms with Crippen molar-refractivity contribution in [3.05, 3.63) is 52.3 Å². The zero-order chi connectivity index (χ0) is 19.4. The molecule has 0 aliphatic rings. The summed E-state index contributed by atoms with van der Waals surface area (Å²) in [5.74, 6) is -0.212. The van der Waals surface area contributed by atoms with Crippen LogP contribution in [0, 0.1) is 13.8 Å². The molecule has 0 saturated heterocycles. The van der Waals surface area contributed by atoms with Gasteiger partial charge in [-0.1, -0.05) is 6.92 Å². The monoisotopic (exact) mass is 357 g/mol. The van der Waals surface area contributed by atoms with E-state index in [9.17, 15) is 14.4 Å². The number of nitrogens with one attached hydrogen (secondary N) is 1. The third-order valence-electron chi connectivity index (χ3n) is 4.25. The van der Waals surface area contributed by atoms with Gasteiger partial charge in [-0.2, -0.15) is 0 Å². The lowest BCUT2D eigenvalue weighted by Gasteiger charge is -2.14. The Hall–Kier alpha value is -2.89. The van der Waals surface area contributed by atoms with E-state index in [1.807, 2.05) is 0 Å². The van der Waals surface area contributed by atoms with Crippen LogP contribution in [0.25, 0.3) is 0 Å². The molecule has 6 heteroatoms. The summed E-state index contributed by atoms with van der Waals surface area (Å²) in [5, 5.41) is 0. The maximum Gasteiger partial charge on any atom is 0.339 e. The predicted molar refractivity (Wildman–Crippen MR) is 97.1 cm³/mol. The van der Waals surface area contributed by atoms with E-state index in [2.05, 4.69) is 4.98 Å². The normalized spacial score (nSPS) is 11.7. The molecule has 2 rings (SSSR count). The second kappa shape index (κ2) is 7.99. The number of carbonyl (C=O) groups is 3. The van der Waals surface area contributed by atoms with Crippen LogP contribution < -0.4 is 4.74 Å². The number of aromatic amines is 1. The van der Waals surface area contributed by atoms with E-state index < -0.39 is 12.1 Å². The van der Waals surface area contributed by atoms with E-state index >= 15 is 0 Å². The Morgan fingerprint density at radius 3 is 2.27 bits per heavy atom. The molecule has 1 heterocycles. The predicted octanol–water partition coefficient (Wildman–Crippen LogP) is 3.66. The highest BCUT2D eigenvalue weighted by atomic mass is 16.5. The van der Waals surface area contributed by atoms with Crippen LogP contribution >= 0.6 is 0 Å². The quantitative estimate of drug-likeness (QED) is 0.604. The maximum atomic E-state index is 12.7. The number of ketones is 2. The number of methoxy groups -OCH3 is 1. The molecule has 1 atom stereocenters. The van der Waals surface area contributed by atoms with Gasteiger partial charge in [0.25, 0.3) is 0 Å². The van der Waals surface area contributed by atoms with Crippen molar-refractivity contribution >= 4 is 17.5 Å². The molecule has 0 amide bonds. The summed E-state index contributed by atoms with van der Waals surface area (Å²) in [7, 11) is 1.30. The topological polar surface area (TPSA) is 85.5 Å². The highest BCUT2D eigenvalue weighted by molar-refractivity contribution is 6.03.